The summed E-state index contributed by atoms with van der Waals surface area (Å²) in [7, 11) is 3.83. The minimum Gasteiger partial charge on any atom is -0.335 e. The number of likely N-dealkylation sites (tertiary alicyclic amines) is 1. The first-order chi connectivity index (χ1) is 10.5. The van der Waals surface area contributed by atoms with Crippen LogP contribution in [0.2, 0.25) is 0 Å². The second-order valence-corrected chi connectivity index (χ2v) is 6.14. The van der Waals surface area contributed by atoms with E-state index in [9.17, 15) is 4.79 Å². The first kappa shape index (κ1) is 14.8. The zero-order chi connectivity index (χ0) is 15.9. The molecule has 0 saturated carbocycles. The normalized spacial score (nSPS) is 18.2. The van der Waals surface area contributed by atoms with Crippen LogP contribution in [0.3, 0.4) is 0 Å². The van der Waals surface area contributed by atoms with Gasteiger partial charge in [-0.1, -0.05) is 0 Å². The average Bonchev–Trinajstić information content (AvgIpc) is 3.15. The zero-order valence-electron chi connectivity index (χ0n) is 13.7. The van der Waals surface area contributed by atoms with Crippen molar-refractivity contribution >= 4 is 5.91 Å². The van der Waals surface area contributed by atoms with Crippen LogP contribution in [-0.2, 0) is 25.3 Å². The third-order valence-electron chi connectivity index (χ3n) is 4.67. The minimum atomic E-state index is 0.165. The van der Waals surface area contributed by atoms with Crippen molar-refractivity contribution in [1.82, 2.24) is 24.5 Å². The number of hydrogen-bond donors (Lipinski definition) is 0. The highest BCUT2D eigenvalue weighted by Gasteiger charge is 2.31. The molecule has 22 heavy (non-hydrogen) atoms. The Balaban J connectivity index is 1.79. The molecule has 0 aromatic carbocycles. The lowest BCUT2D eigenvalue weighted by Crippen LogP contribution is -2.32. The van der Waals surface area contributed by atoms with Gasteiger partial charge in [0.25, 0.3) is 0 Å². The lowest BCUT2D eigenvalue weighted by molar-refractivity contribution is -0.131. The molecule has 2 aromatic rings. The van der Waals surface area contributed by atoms with Crippen molar-refractivity contribution in [3.63, 3.8) is 0 Å². The maximum Gasteiger partial charge on any atom is 0.227 e. The molecule has 6 heteroatoms. The Morgan fingerprint density at radius 1 is 1.36 bits per heavy atom. The van der Waals surface area contributed by atoms with Crippen molar-refractivity contribution in [2.45, 2.75) is 39.2 Å². The van der Waals surface area contributed by atoms with Gasteiger partial charge in [0, 0.05) is 43.7 Å². The maximum absolute atomic E-state index is 12.8. The number of amides is 1. The Morgan fingerprint density at radius 3 is 2.73 bits per heavy atom. The van der Waals surface area contributed by atoms with Gasteiger partial charge in [-0.25, -0.2) is 0 Å². The largest absolute Gasteiger partial charge is 0.335 e. The Bertz CT molecular complexity index is 699. The number of nitrogens with zero attached hydrogens (tertiary/aromatic N) is 5. The van der Waals surface area contributed by atoms with Crippen LogP contribution in [0.25, 0.3) is 0 Å². The summed E-state index contributed by atoms with van der Waals surface area (Å²) in [6.07, 6.45) is 6.38. The molecule has 0 N–H and O–H groups in total. The van der Waals surface area contributed by atoms with E-state index in [0.717, 1.165) is 41.9 Å². The number of carbonyl (C=O) groups excluding carboxylic acids is 1. The Labute approximate surface area is 130 Å². The van der Waals surface area contributed by atoms with Crippen molar-refractivity contribution in [3.8, 4) is 0 Å². The SMILES string of the molecule is Cc1nn(C)c(C)c1CC(=O)N1CCC[C@H]1c1cnn(C)c1. The smallest absolute Gasteiger partial charge is 0.227 e. The highest BCUT2D eigenvalue weighted by Crippen LogP contribution is 2.32. The van der Waals surface area contributed by atoms with Crippen LogP contribution in [0.15, 0.2) is 12.4 Å². The van der Waals surface area contributed by atoms with Gasteiger partial charge in [-0.2, -0.15) is 10.2 Å². The van der Waals surface area contributed by atoms with E-state index in [0.29, 0.717) is 6.42 Å². The third-order valence-corrected chi connectivity index (χ3v) is 4.67. The molecular weight excluding hydrogens is 278 g/mol. The molecule has 1 atom stereocenters. The van der Waals surface area contributed by atoms with Gasteiger partial charge in [0.2, 0.25) is 5.91 Å². The van der Waals surface area contributed by atoms with Crippen molar-refractivity contribution in [2.24, 2.45) is 14.1 Å². The predicted octanol–water partition coefficient (Wildman–Crippen LogP) is 1.68. The molecule has 0 radical (unpaired) electrons. The van der Waals surface area contributed by atoms with Crippen LogP contribution in [0.1, 0.15) is 41.4 Å². The van der Waals surface area contributed by atoms with E-state index in [4.69, 9.17) is 0 Å². The van der Waals surface area contributed by atoms with E-state index >= 15 is 0 Å². The third kappa shape index (κ3) is 2.53. The van der Waals surface area contributed by atoms with Gasteiger partial charge in [-0.3, -0.25) is 14.2 Å². The molecule has 1 fully saturated rings. The van der Waals surface area contributed by atoms with Gasteiger partial charge < -0.3 is 4.90 Å². The van der Waals surface area contributed by atoms with Crippen molar-refractivity contribution in [1.29, 1.82) is 0 Å². The lowest BCUT2D eigenvalue weighted by atomic mass is 10.1. The van der Waals surface area contributed by atoms with E-state index in [2.05, 4.69) is 10.2 Å². The van der Waals surface area contributed by atoms with Gasteiger partial charge >= 0.3 is 0 Å². The van der Waals surface area contributed by atoms with Crippen LogP contribution in [-0.4, -0.2) is 36.9 Å². The molecule has 0 aliphatic carbocycles. The van der Waals surface area contributed by atoms with E-state index < -0.39 is 0 Å². The Hall–Kier alpha value is -2.11. The summed E-state index contributed by atoms with van der Waals surface area (Å²) in [5.74, 6) is 0.186. The topological polar surface area (TPSA) is 56.0 Å². The van der Waals surface area contributed by atoms with Gasteiger partial charge in [0.1, 0.15) is 0 Å². The summed E-state index contributed by atoms with van der Waals surface area (Å²) in [5, 5.41) is 8.64. The predicted molar refractivity (Wildman–Crippen MR) is 83.3 cm³/mol. The molecule has 1 amide bonds. The Morgan fingerprint density at radius 2 is 2.14 bits per heavy atom. The number of hydrogen-bond acceptors (Lipinski definition) is 3. The highest BCUT2D eigenvalue weighted by atomic mass is 16.2. The highest BCUT2D eigenvalue weighted by molar-refractivity contribution is 5.80. The standard InChI is InChI=1S/C16H23N5O/c1-11-14(12(2)20(4)18-11)8-16(22)21-7-5-6-15(21)13-9-17-19(3)10-13/h9-10,15H,5-8H2,1-4H3/t15-/m0/s1. The fourth-order valence-electron chi connectivity index (χ4n) is 3.35. The monoisotopic (exact) mass is 301 g/mol. The van der Waals surface area contributed by atoms with Crippen molar-refractivity contribution < 1.29 is 4.79 Å². The number of carbonyl (C=O) groups is 1. The molecular formula is C16H23N5O. The van der Waals surface area contributed by atoms with Crippen molar-refractivity contribution in [2.75, 3.05) is 6.54 Å². The minimum absolute atomic E-state index is 0.165. The zero-order valence-corrected chi connectivity index (χ0v) is 13.7. The van der Waals surface area contributed by atoms with E-state index in [1.165, 1.54) is 0 Å². The molecule has 1 aliphatic heterocycles. The maximum atomic E-state index is 12.8. The first-order valence-corrected chi connectivity index (χ1v) is 7.74. The number of rotatable bonds is 3. The molecule has 0 spiro atoms. The molecule has 1 saturated heterocycles. The molecule has 6 nitrogen and oxygen atoms in total. The number of aryl methyl sites for hydroxylation is 3. The van der Waals surface area contributed by atoms with E-state index in [1.54, 1.807) is 4.68 Å². The molecule has 1 aliphatic rings. The Kier molecular flexibility index (Phi) is 3.76. The summed E-state index contributed by atoms with van der Waals surface area (Å²) in [6.45, 7) is 4.82. The van der Waals surface area contributed by atoms with E-state index in [1.807, 2.05) is 49.9 Å². The molecule has 2 aromatic heterocycles. The molecule has 3 rings (SSSR count). The molecule has 0 unspecified atom stereocenters. The quantitative estimate of drug-likeness (QED) is 0.866. The second-order valence-electron chi connectivity index (χ2n) is 6.14. The van der Waals surface area contributed by atoms with Crippen molar-refractivity contribution in [3.05, 3.63) is 34.9 Å². The second kappa shape index (κ2) is 5.59. The fourth-order valence-corrected chi connectivity index (χ4v) is 3.35. The summed E-state index contributed by atoms with van der Waals surface area (Å²) < 4.78 is 3.65. The van der Waals surface area contributed by atoms with Crippen LogP contribution in [0, 0.1) is 13.8 Å². The number of aromatic nitrogens is 4. The fraction of sp³-hybridized carbons (Fsp3) is 0.562. The van der Waals surface area contributed by atoms with Gasteiger partial charge in [0.15, 0.2) is 0 Å². The van der Waals surface area contributed by atoms with Gasteiger partial charge in [-0.15, -0.1) is 0 Å². The summed E-state index contributed by atoms with van der Waals surface area (Å²) in [4.78, 5) is 14.8. The van der Waals surface area contributed by atoms with Crippen LogP contribution in [0.4, 0.5) is 0 Å². The van der Waals surface area contributed by atoms with E-state index in [-0.39, 0.29) is 11.9 Å². The average molecular weight is 301 g/mol. The molecule has 118 valence electrons. The van der Waals surface area contributed by atoms with Crippen LogP contribution < -0.4 is 0 Å². The summed E-state index contributed by atoms with van der Waals surface area (Å²) >= 11 is 0. The van der Waals surface area contributed by atoms with Gasteiger partial charge in [-0.05, 0) is 26.7 Å². The summed E-state index contributed by atoms with van der Waals surface area (Å²) in [6, 6.07) is 0.165. The molecule has 3 heterocycles. The molecule has 0 bridgehead atoms. The summed E-state index contributed by atoms with van der Waals surface area (Å²) in [5.41, 5.74) is 4.21. The van der Waals surface area contributed by atoms with Crippen LogP contribution >= 0.6 is 0 Å². The van der Waals surface area contributed by atoms with Crippen LogP contribution in [0.5, 0.6) is 0 Å². The first-order valence-electron chi connectivity index (χ1n) is 7.74. The lowest BCUT2D eigenvalue weighted by Gasteiger charge is -2.24. The van der Waals surface area contributed by atoms with Gasteiger partial charge in [0.05, 0.1) is 24.4 Å².